The number of nitrogens with two attached hydrogens (primary N) is 1. The Morgan fingerprint density at radius 2 is 1.49 bits per heavy atom. The van der Waals surface area contributed by atoms with Crippen LogP contribution in [0, 0.1) is 6.92 Å². The van der Waals surface area contributed by atoms with Crippen LogP contribution < -0.4 is 20.5 Å². The molecule has 0 aliphatic carbocycles. The number of nitrogen functional groups attached to an aromatic ring is 1. The zero-order valence-corrected chi connectivity index (χ0v) is 22.5. The minimum Gasteiger partial charge on any atom is -0.505 e. The quantitative estimate of drug-likeness (QED) is 0.100. The molecule has 39 heavy (non-hydrogen) atoms. The van der Waals surface area contributed by atoms with Crippen molar-refractivity contribution in [1.82, 2.24) is 0 Å². The molecule has 0 aliphatic rings. The van der Waals surface area contributed by atoms with E-state index < -0.39 is 7.60 Å². The molecule has 0 bridgehead atoms. The zero-order valence-electron chi connectivity index (χ0n) is 21.6. The van der Waals surface area contributed by atoms with Crippen LogP contribution in [0.15, 0.2) is 81.1 Å². The molecule has 0 heterocycles. The van der Waals surface area contributed by atoms with Crippen molar-refractivity contribution in [3.8, 4) is 17.2 Å². The summed E-state index contributed by atoms with van der Waals surface area (Å²) in [4.78, 5) is 18.9. The predicted molar refractivity (Wildman–Crippen MR) is 150 cm³/mol. The third kappa shape index (κ3) is 6.40. The van der Waals surface area contributed by atoms with Crippen molar-refractivity contribution in [2.45, 2.75) is 20.8 Å². The fraction of sp³-hybridized carbons (Fsp3) is 0.185. The van der Waals surface area contributed by atoms with E-state index in [2.05, 4.69) is 20.5 Å². The number of nitrogens with zero attached hydrogens (tertiary/aromatic N) is 4. The number of hydrogen-bond donors (Lipinski definition) is 4. The van der Waals surface area contributed by atoms with E-state index >= 15 is 0 Å². The molecule has 4 aromatic rings. The van der Waals surface area contributed by atoms with Gasteiger partial charge in [0.05, 0.1) is 24.2 Å². The molecular weight excluding hydrogens is 521 g/mol. The highest BCUT2D eigenvalue weighted by atomic mass is 31.2. The highest BCUT2D eigenvalue weighted by molar-refractivity contribution is 7.60. The van der Waals surface area contributed by atoms with Gasteiger partial charge >= 0.3 is 7.60 Å². The summed E-state index contributed by atoms with van der Waals surface area (Å²) in [6.07, 6.45) is 0. The van der Waals surface area contributed by atoms with Gasteiger partial charge in [-0.1, -0.05) is 12.1 Å². The van der Waals surface area contributed by atoms with Gasteiger partial charge in [-0.25, -0.2) is 0 Å². The number of rotatable bonds is 9. The van der Waals surface area contributed by atoms with Crippen molar-refractivity contribution >= 4 is 52.1 Å². The summed E-state index contributed by atoms with van der Waals surface area (Å²) >= 11 is 0. The maximum Gasteiger partial charge on any atom is 0.356 e. The molecule has 0 aliphatic heterocycles. The number of azo groups is 2. The molecule has 11 nitrogen and oxygen atoms in total. The molecule has 0 saturated heterocycles. The number of anilines is 1. The van der Waals surface area contributed by atoms with Gasteiger partial charge in [0.25, 0.3) is 0 Å². The van der Waals surface area contributed by atoms with Gasteiger partial charge < -0.3 is 30.1 Å². The first-order chi connectivity index (χ1) is 18.6. The van der Waals surface area contributed by atoms with Gasteiger partial charge in [0.1, 0.15) is 28.6 Å². The van der Waals surface area contributed by atoms with Crippen LogP contribution in [0.3, 0.4) is 0 Å². The lowest BCUT2D eigenvalue weighted by atomic mass is 10.0. The van der Waals surface area contributed by atoms with Gasteiger partial charge in [0, 0.05) is 23.2 Å². The molecule has 5 N–H and O–H groups in total. The van der Waals surface area contributed by atoms with Crippen LogP contribution >= 0.6 is 7.60 Å². The van der Waals surface area contributed by atoms with Gasteiger partial charge in [-0.15, -0.1) is 15.3 Å². The fourth-order valence-corrected chi connectivity index (χ4v) is 4.42. The molecule has 12 heteroatoms. The van der Waals surface area contributed by atoms with E-state index in [1.165, 1.54) is 18.2 Å². The molecule has 0 atom stereocenters. The Bertz CT molecular complexity index is 1630. The summed E-state index contributed by atoms with van der Waals surface area (Å²) in [6, 6.07) is 16.0. The highest BCUT2D eigenvalue weighted by Gasteiger charge is 2.17. The van der Waals surface area contributed by atoms with Crippen LogP contribution in [0.5, 0.6) is 17.2 Å². The Labute approximate surface area is 224 Å². The number of phenolic OH excluding ortho intramolecular Hbond substituents is 1. The largest absolute Gasteiger partial charge is 0.505 e. The van der Waals surface area contributed by atoms with Crippen molar-refractivity contribution in [2.24, 2.45) is 20.5 Å². The molecular formula is C27H28N5O6P. The highest BCUT2D eigenvalue weighted by Crippen LogP contribution is 2.44. The Kier molecular flexibility index (Phi) is 8.25. The van der Waals surface area contributed by atoms with Crippen molar-refractivity contribution in [1.29, 1.82) is 0 Å². The van der Waals surface area contributed by atoms with Crippen LogP contribution in [0.1, 0.15) is 19.4 Å². The number of aryl methyl sites for hydroxylation is 1. The lowest BCUT2D eigenvalue weighted by Gasteiger charge is -2.12. The molecule has 0 unspecified atom stereocenters. The minimum atomic E-state index is -4.43. The summed E-state index contributed by atoms with van der Waals surface area (Å²) in [5.74, 6) is 0.661. The smallest absolute Gasteiger partial charge is 0.356 e. The Morgan fingerprint density at radius 1 is 0.846 bits per heavy atom. The Balaban J connectivity index is 1.75. The second-order valence-corrected chi connectivity index (χ2v) is 10.1. The molecule has 0 spiro atoms. The van der Waals surface area contributed by atoms with Crippen molar-refractivity contribution in [3.63, 3.8) is 0 Å². The first kappa shape index (κ1) is 27.7. The molecule has 0 fully saturated rings. The predicted octanol–water partition coefficient (Wildman–Crippen LogP) is 6.87. The van der Waals surface area contributed by atoms with Gasteiger partial charge in [0.2, 0.25) is 0 Å². The van der Waals surface area contributed by atoms with Crippen molar-refractivity contribution in [2.75, 3.05) is 18.9 Å². The van der Waals surface area contributed by atoms with Gasteiger partial charge in [0.15, 0.2) is 5.75 Å². The topological polar surface area (TPSA) is 172 Å². The van der Waals surface area contributed by atoms with E-state index in [4.69, 9.17) is 15.2 Å². The van der Waals surface area contributed by atoms with Crippen LogP contribution in [0.25, 0.3) is 10.8 Å². The summed E-state index contributed by atoms with van der Waals surface area (Å²) in [6.45, 7) is 6.10. The first-order valence-corrected chi connectivity index (χ1v) is 13.7. The molecule has 0 radical (unpaired) electrons. The monoisotopic (exact) mass is 549 g/mol. The number of ether oxygens (including phenoxy) is 2. The molecule has 4 aromatic carbocycles. The van der Waals surface area contributed by atoms with E-state index in [1.54, 1.807) is 30.3 Å². The average Bonchev–Trinajstić information content (AvgIpc) is 2.89. The summed E-state index contributed by atoms with van der Waals surface area (Å²) in [7, 11) is -4.43. The minimum absolute atomic E-state index is 0.0352. The van der Waals surface area contributed by atoms with Crippen molar-refractivity contribution < 1.29 is 28.9 Å². The third-order valence-corrected chi connectivity index (χ3v) is 6.59. The van der Waals surface area contributed by atoms with Crippen LogP contribution in [0.4, 0.5) is 28.4 Å². The second-order valence-electron chi connectivity index (χ2n) is 8.49. The van der Waals surface area contributed by atoms with E-state index in [0.29, 0.717) is 52.8 Å². The standard InChI is InChI=1S/C27H28N5O6P/c1-4-37-24-15-23(31-32-26-16(3)11-17-9-10-18(28)12-21(17)27(26)33)25(38-5-2)14-22(24)30-29-19-7-6-8-20(13-19)39(34,35)36/h6-15,33H,4-5,28H2,1-3H3,(H2,34,35,36). The molecule has 4 rings (SSSR count). The van der Waals surface area contributed by atoms with E-state index in [9.17, 15) is 19.5 Å². The van der Waals surface area contributed by atoms with E-state index in [0.717, 1.165) is 10.9 Å². The molecule has 0 aromatic heterocycles. The number of hydrogen-bond acceptors (Lipinski definition) is 9. The third-order valence-electron chi connectivity index (χ3n) is 5.64. The van der Waals surface area contributed by atoms with E-state index in [1.807, 2.05) is 32.9 Å². The first-order valence-electron chi connectivity index (χ1n) is 12.1. The fourth-order valence-electron chi connectivity index (χ4n) is 3.84. The maximum atomic E-state index is 11.6. The average molecular weight is 550 g/mol. The Hall–Kier alpha value is -4.31. The lowest BCUT2D eigenvalue weighted by Crippen LogP contribution is -2.01. The molecule has 202 valence electrons. The maximum absolute atomic E-state index is 11.6. The van der Waals surface area contributed by atoms with Crippen LogP contribution in [0.2, 0.25) is 0 Å². The second kappa shape index (κ2) is 11.6. The number of phenols is 1. The van der Waals surface area contributed by atoms with E-state index in [-0.39, 0.29) is 16.7 Å². The van der Waals surface area contributed by atoms with Gasteiger partial charge in [-0.2, -0.15) is 5.11 Å². The Morgan fingerprint density at radius 3 is 2.10 bits per heavy atom. The van der Waals surface area contributed by atoms with Gasteiger partial charge in [-0.3, -0.25) is 4.57 Å². The number of aromatic hydroxyl groups is 1. The normalized spacial score (nSPS) is 12.0. The molecule has 0 amide bonds. The van der Waals surface area contributed by atoms with Crippen LogP contribution in [-0.4, -0.2) is 28.1 Å². The van der Waals surface area contributed by atoms with Crippen molar-refractivity contribution in [3.05, 3.63) is 66.2 Å². The lowest BCUT2D eigenvalue weighted by molar-refractivity contribution is 0.332. The van der Waals surface area contributed by atoms with Crippen LogP contribution in [-0.2, 0) is 4.57 Å². The number of fused-ring (bicyclic) bond motifs is 1. The molecule has 0 saturated carbocycles. The summed E-state index contributed by atoms with van der Waals surface area (Å²) in [5, 5.41) is 29.2. The zero-order chi connectivity index (χ0) is 28.2. The summed E-state index contributed by atoms with van der Waals surface area (Å²) < 4.78 is 23.1. The number of benzene rings is 4. The summed E-state index contributed by atoms with van der Waals surface area (Å²) in [5.41, 5.74) is 8.35. The SMILES string of the molecule is CCOc1cc(N=Nc2c(C)cc3ccc(N)cc3c2O)c(OCC)cc1N=Nc1cccc(P(=O)(O)O)c1. The van der Waals surface area contributed by atoms with Gasteiger partial charge in [-0.05, 0) is 68.1 Å².